The highest BCUT2D eigenvalue weighted by atomic mass is 16.5. The largest absolute Gasteiger partial charge is 0.396 e. The lowest BCUT2D eigenvalue weighted by Crippen LogP contribution is -2.44. The maximum Gasteiger partial charge on any atom is 0.0707 e. The van der Waals surface area contributed by atoms with Crippen LogP contribution in [0.1, 0.15) is 39.0 Å². The molecule has 2 rings (SSSR count). The quantitative estimate of drug-likeness (QED) is 0.713. The summed E-state index contributed by atoms with van der Waals surface area (Å²) in [5, 5.41) is 8.98. The number of aliphatic hydroxyl groups is 1. The molecule has 3 N–H and O–H groups in total. The molecule has 2 bridgehead atoms. The Bertz CT molecular complexity index is 238. The van der Waals surface area contributed by atoms with E-state index in [9.17, 15) is 0 Å². The van der Waals surface area contributed by atoms with E-state index in [4.69, 9.17) is 15.6 Å². The van der Waals surface area contributed by atoms with E-state index in [2.05, 4.69) is 11.8 Å². The van der Waals surface area contributed by atoms with Gasteiger partial charge in [0.15, 0.2) is 0 Å². The van der Waals surface area contributed by atoms with Gasteiger partial charge < -0.3 is 15.6 Å². The SMILES string of the molecule is CC(CO)CCC(N)CCN1CC2CCC(C1)O2. The van der Waals surface area contributed by atoms with Crippen LogP contribution in [0.3, 0.4) is 0 Å². The van der Waals surface area contributed by atoms with Gasteiger partial charge in [0.2, 0.25) is 0 Å². The lowest BCUT2D eigenvalue weighted by Gasteiger charge is -2.32. The molecule has 18 heavy (non-hydrogen) atoms. The molecule has 106 valence electrons. The van der Waals surface area contributed by atoms with Crippen LogP contribution in [-0.2, 0) is 4.74 Å². The molecule has 0 aromatic heterocycles. The van der Waals surface area contributed by atoms with Crippen LogP contribution in [0.4, 0.5) is 0 Å². The summed E-state index contributed by atoms with van der Waals surface area (Å²) in [5.41, 5.74) is 6.14. The Kier molecular flexibility index (Phi) is 5.42. The summed E-state index contributed by atoms with van der Waals surface area (Å²) in [6.45, 7) is 5.64. The van der Waals surface area contributed by atoms with Gasteiger partial charge in [0.05, 0.1) is 12.2 Å². The van der Waals surface area contributed by atoms with E-state index < -0.39 is 0 Å². The van der Waals surface area contributed by atoms with Crippen LogP contribution in [0.25, 0.3) is 0 Å². The average Bonchev–Trinajstić information content (AvgIpc) is 2.72. The van der Waals surface area contributed by atoms with Crippen molar-refractivity contribution in [2.24, 2.45) is 11.7 Å². The van der Waals surface area contributed by atoms with Crippen molar-refractivity contribution in [3.05, 3.63) is 0 Å². The minimum atomic E-state index is 0.277. The zero-order valence-corrected chi connectivity index (χ0v) is 11.6. The van der Waals surface area contributed by atoms with Crippen LogP contribution in [0.15, 0.2) is 0 Å². The minimum absolute atomic E-state index is 0.277. The van der Waals surface area contributed by atoms with Crippen molar-refractivity contribution < 1.29 is 9.84 Å². The smallest absolute Gasteiger partial charge is 0.0707 e. The molecule has 2 aliphatic heterocycles. The number of fused-ring (bicyclic) bond motifs is 2. The minimum Gasteiger partial charge on any atom is -0.396 e. The van der Waals surface area contributed by atoms with Gasteiger partial charge in [0.25, 0.3) is 0 Å². The van der Waals surface area contributed by atoms with E-state index >= 15 is 0 Å². The highest BCUT2D eigenvalue weighted by Gasteiger charge is 2.33. The Balaban J connectivity index is 1.59. The number of morpholine rings is 1. The molecular formula is C14H28N2O2. The molecule has 0 aromatic rings. The maximum atomic E-state index is 8.98. The third-order valence-electron chi connectivity index (χ3n) is 4.28. The predicted octanol–water partition coefficient (Wildman–Crippen LogP) is 0.976. The monoisotopic (exact) mass is 256 g/mol. The van der Waals surface area contributed by atoms with Crippen molar-refractivity contribution in [2.75, 3.05) is 26.2 Å². The van der Waals surface area contributed by atoms with E-state index in [0.717, 1.165) is 38.9 Å². The lowest BCUT2D eigenvalue weighted by atomic mass is 10.0. The summed E-state index contributed by atoms with van der Waals surface area (Å²) in [6, 6.07) is 0.277. The molecule has 4 atom stereocenters. The van der Waals surface area contributed by atoms with Gasteiger partial charge in [-0.05, 0) is 44.6 Å². The predicted molar refractivity (Wildman–Crippen MR) is 72.4 cm³/mol. The third-order valence-corrected chi connectivity index (χ3v) is 4.28. The van der Waals surface area contributed by atoms with Gasteiger partial charge in [0, 0.05) is 25.7 Å². The molecule has 0 radical (unpaired) electrons. The van der Waals surface area contributed by atoms with Crippen molar-refractivity contribution in [3.63, 3.8) is 0 Å². The second-order valence-corrected chi connectivity index (χ2v) is 6.13. The Labute approximate surface area is 110 Å². The number of hydrogen-bond acceptors (Lipinski definition) is 4. The van der Waals surface area contributed by atoms with E-state index in [1.165, 1.54) is 12.8 Å². The normalized spacial score (nSPS) is 31.5. The maximum absolute atomic E-state index is 8.98. The second kappa shape index (κ2) is 6.85. The standard InChI is InChI=1S/C14H28N2O2/c1-11(10-17)2-3-12(15)6-7-16-8-13-4-5-14(9-16)18-13/h11-14,17H,2-10,15H2,1H3. The molecule has 0 saturated carbocycles. The average molecular weight is 256 g/mol. The molecule has 2 aliphatic rings. The van der Waals surface area contributed by atoms with E-state index in [-0.39, 0.29) is 12.6 Å². The van der Waals surface area contributed by atoms with Crippen molar-refractivity contribution in [1.82, 2.24) is 4.90 Å². The molecule has 2 saturated heterocycles. The Hall–Kier alpha value is -0.160. The number of likely N-dealkylation sites (tertiary alicyclic amines) is 1. The number of rotatable bonds is 7. The van der Waals surface area contributed by atoms with Gasteiger partial charge in [0.1, 0.15) is 0 Å². The highest BCUT2D eigenvalue weighted by Crippen LogP contribution is 2.26. The first kappa shape index (κ1) is 14.3. The summed E-state index contributed by atoms with van der Waals surface area (Å²) in [6.07, 6.45) is 6.56. The zero-order valence-electron chi connectivity index (χ0n) is 11.6. The summed E-state index contributed by atoms with van der Waals surface area (Å²) in [4.78, 5) is 2.52. The Morgan fingerprint density at radius 3 is 2.50 bits per heavy atom. The number of nitrogens with zero attached hydrogens (tertiary/aromatic N) is 1. The van der Waals surface area contributed by atoms with Crippen molar-refractivity contribution in [3.8, 4) is 0 Å². The van der Waals surface area contributed by atoms with Crippen LogP contribution in [0, 0.1) is 5.92 Å². The first-order chi connectivity index (χ1) is 8.67. The summed E-state index contributed by atoms with van der Waals surface area (Å²) in [5.74, 6) is 0.385. The van der Waals surface area contributed by atoms with Gasteiger partial charge in [-0.15, -0.1) is 0 Å². The van der Waals surface area contributed by atoms with Crippen LogP contribution in [-0.4, -0.2) is 54.5 Å². The molecule has 0 spiro atoms. The Morgan fingerprint density at radius 2 is 1.89 bits per heavy atom. The van der Waals surface area contributed by atoms with Gasteiger partial charge in [-0.1, -0.05) is 6.92 Å². The van der Waals surface area contributed by atoms with Gasteiger partial charge >= 0.3 is 0 Å². The number of nitrogens with two attached hydrogens (primary N) is 1. The summed E-state index contributed by atoms with van der Waals surface area (Å²) >= 11 is 0. The molecule has 2 fully saturated rings. The first-order valence-corrected chi connectivity index (χ1v) is 7.41. The fourth-order valence-electron chi connectivity index (χ4n) is 2.96. The van der Waals surface area contributed by atoms with Crippen molar-refractivity contribution in [2.45, 2.75) is 57.3 Å². The van der Waals surface area contributed by atoms with Crippen molar-refractivity contribution in [1.29, 1.82) is 0 Å². The third kappa shape index (κ3) is 4.19. The molecule has 0 aromatic carbocycles. The fourth-order valence-corrected chi connectivity index (χ4v) is 2.96. The summed E-state index contributed by atoms with van der Waals surface area (Å²) < 4.78 is 5.83. The highest BCUT2D eigenvalue weighted by molar-refractivity contribution is 4.85. The number of hydrogen-bond donors (Lipinski definition) is 2. The second-order valence-electron chi connectivity index (χ2n) is 6.13. The molecule has 4 heteroatoms. The van der Waals surface area contributed by atoms with Gasteiger partial charge in [-0.2, -0.15) is 0 Å². The Morgan fingerprint density at radius 1 is 1.22 bits per heavy atom. The van der Waals surface area contributed by atoms with E-state index in [0.29, 0.717) is 18.1 Å². The molecule has 4 unspecified atom stereocenters. The van der Waals surface area contributed by atoms with E-state index in [1.54, 1.807) is 0 Å². The molecule has 4 nitrogen and oxygen atoms in total. The number of aliphatic hydroxyl groups excluding tert-OH is 1. The molecule has 0 amide bonds. The zero-order chi connectivity index (χ0) is 13.0. The van der Waals surface area contributed by atoms with Crippen LogP contribution in [0.5, 0.6) is 0 Å². The first-order valence-electron chi connectivity index (χ1n) is 7.41. The van der Waals surface area contributed by atoms with Crippen LogP contribution in [0.2, 0.25) is 0 Å². The fraction of sp³-hybridized carbons (Fsp3) is 1.00. The van der Waals surface area contributed by atoms with Crippen LogP contribution >= 0.6 is 0 Å². The summed E-state index contributed by atoms with van der Waals surface area (Å²) in [7, 11) is 0. The molecule has 0 aliphatic carbocycles. The lowest BCUT2D eigenvalue weighted by molar-refractivity contribution is -0.0389. The van der Waals surface area contributed by atoms with E-state index in [1.807, 2.05) is 0 Å². The van der Waals surface area contributed by atoms with Crippen LogP contribution < -0.4 is 5.73 Å². The topological polar surface area (TPSA) is 58.7 Å². The van der Waals surface area contributed by atoms with Crippen molar-refractivity contribution >= 4 is 0 Å². The molecular weight excluding hydrogens is 228 g/mol. The number of ether oxygens (including phenoxy) is 1. The van der Waals surface area contributed by atoms with Gasteiger partial charge in [-0.25, -0.2) is 0 Å². The molecule has 2 heterocycles. The van der Waals surface area contributed by atoms with Gasteiger partial charge in [-0.3, -0.25) is 4.90 Å².